The number of ether oxygens (including phenoxy) is 2. The predicted octanol–water partition coefficient (Wildman–Crippen LogP) is 4.32. The molecule has 0 aliphatic carbocycles. The van der Waals surface area contributed by atoms with E-state index in [0.717, 1.165) is 44.4 Å². The van der Waals surface area contributed by atoms with Gasteiger partial charge < -0.3 is 19.7 Å². The Balaban J connectivity index is 0.00000300. The van der Waals surface area contributed by atoms with Gasteiger partial charge in [-0.15, -0.1) is 24.0 Å². The first-order valence-electron chi connectivity index (χ1n) is 10.1. The van der Waals surface area contributed by atoms with Crippen LogP contribution in [-0.4, -0.2) is 44.2 Å². The maximum Gasteiger partial charge on any atom is 0.193 e. The van der Waals surface area contributed by atoms with Crippen molar-refractivity contribution >= 4 is 29.9 Å². The Labute approximate surface area is 191 Å². The van der Waals surface area contributed by atoms with E-state index in [1.54, 1.807) is 0 Å². The number of hydrogen-bond acceptors (Lipinski definition) is 3. The first-order chi connectivity index (χ1) is 13.8. The van der Waals surface area contributed by atoms with E-state index in [2.05, 4.69) is 51.6 Å². The Morgan fingerprint density at radius 3 is 2.69 bits per heavy atom. The molecule has 3 rings (SSSR count). The highest BCUT2D eigenvalue weighted by Crippen LogP contribution is 2.18. The second-order valence-corrected chi connectivity index (χ2v) is 7.08. The van der Waals surface area contributed by atoms with Crippen LogP contribution in [0.5, 0.6) is 5.75 Å². The molecule has 1 heterocycles. The minimum absolute atomic E-state index is 0. The molecule has 0 radical (unpaired) electrons. The molecule has 6 heteroatoms. The number of rotatable bonds is 8. The summed E-state index contributed by atoms with van der Waals surface area (Å²) < 4.78 is 11.5. The molecule has 1 atom stereocenters. The molecule has 0 saturated carbocycles. The molecule has 0 spiro atoms. The van der Waals surface area contributed by atoms with Crippen LogP contribution >= 0.6 is 24.0 Å². The van der Waals surface area contributed by atoms with Crippen molar-refractivity contribution in [3.8, 4) is 5.75 Å². The average Bonchev–Trinajstić information content (AvgIpc) is 3.19. The number of guanidine groups is 1. The molecule has 0 aromatic heterocycles. The molecule has 1 aliphatic rings. The van der Waals surface area contributed by atoms with Gasteiger partial charge in [0.25, 0.3) is 0 Å². The highest BCUT2D eigenvalue weighted by Gasteiger charge is 2.24. The lowest BCUT2D eigenvalue weighted by molar-refractivity contribution is 0.0906. The molecule has 158 valence electrons. The van der Waals surface area contributed by atoms with Gasteiger partial charge in [0.15, 0.2) is 5.96 Å². The van der Waals surface area contributed by atoms with Crippen LogP contribution in [0, 0.1) is 5.92 Å². The summed E-state index contributed by atoms with van der Waals surface area (Å²) in [6.45, 7) is 6.88. The summed E-state index contributed by atoms with van der Waals surface area (Å²) in [6.07, 6.45) is 1.13. The van der Waals surface area contributed by atoms with Gasteiger partial charge in [0, 0.05) is 32.6 Å². The fourth-order valence-corrected chi connectivity index (χ4v) is 3.50. The number of hydrogen-bond donors (Lipinski definition) is 1. The lowest BCUT2D eigenvalue weighted by Gasteiger charge is -2.22. The largest absolute Gasteiger partial charge is 0.494 e. The Hall–Kier alpha value is -1.80. The molecule has 1 unspecified atom stereocenters. The van der Waals surface area contributed by atoms with Crippen LogP contribution in [0.3, 0.4) is 0 Å². The smallest absolute Gasteiger partial charge is 0.193 e. The Morgan fingerprint density at radius 2 is 1.93 bits per heavy atom. The second-order valence-electron chi connectivity index (χ2n) is 7.08. The van der Waals surface area contributed by atoms with Crippen molar-refractivity contribution in [1.82, 2.24) is 10.2 Å². The van der Waals surface area contributed by atoms with Gasteiger partial charge in [-0.25, -0.2) is 0 Å². The van der Waals surface area contributed by atoms with Crippen LogP contribution in [0.2, 0.25) is 0 Å². The molecule has 2 aromatic carbocycles. The van der Waals surface area contributed by atoms with Gasteiger partial charge in [0.1, 0.15) is 5.75 Å². The Morgan fingerprint density at radius 1 is 1.14 bits per heavy atom. The molecule has 2 aromatic rings. The van der Waals surface area contributed by atoms with E-state index in [4.69, 9.17) is 9.47 Å². The molecular formula is C23H32IN3O2. The maximum absolute atomic E-state index is 5.93. The summed E-state index contributed by atoms with van der Waals surface area (Å²) in [4.78, 5) is 6.79. The number of nitrogens with one attached hydrogen (secondary N) is 1. The monoisotopic (exact) mass is 509 g/mol. The molecule has 1 fully saturated rings. The van der Waals surface area contributed by atoms with Crippen LogP contribution in [0.4, 0.5) is 0 Å². The van der Waals surface area contributed by atoms with Gasteiger partial charge in [0.05, 0.1) is 19.8 Å². The minimum Gasteiger partial charge on any atom is -0.494 e. The van der Waals surface area contributed by atoms with E-state index in [-0.39, 0.29) is 24.0 Å². The van der Waals surface area contributed by atoms with Gasteiger partial charge in [0.2, 0.25) is 0 Å². The van der Waals surface area contributed by atoms with Crippen LogP contribution in [-0.2, 0) is 17.9 Å². The standard InChI is InChI=1S/C23H31N3O2.HI/c1-3-28-22-11-7-10-20(14-22)15-25-23(24-2)26-13-12-21(16-26)18-27-17-19-8-5-4-6-9-19;/h4-11,14,21H,3,12-13,15-18H2,1-2H3,(H,24,25);1H. The van der Waals surface area contributed by atoms with Crippen molar-refractivity contribution in [3.05, 3.63) is 65.7 Å². The van der Waals surface area contributed by atoms with E-state index in [1.165, 1.54) is 11.1 Å². The van der Waals surface area contributed by atoms with Crippen molar-refractivity contribution in [2.24, 2.45) is 10.9 Å². The lowest BCUT2D eigenvalue weighted by atomic mass is 10.1. The molecule has 1 N–H and O–H groups in total. The van der Waals surface area contributed by atoms with Crippen LogP contribution in [0.1, 0.15) is 24.5 Å². The molecule has 0 bridgehead atoms. The van der Waals surface area contributed by atoms with Crippen molar-refractivity contribution in [3.63, 3.8) is 0 Å². The molecule has 1 saturated heterocycles. The zero-order valence-electron chi connectivity index (χ0n) is 17.3. The third-order valence-electron chi connectivity index (χ3n) is 4.92. The zero-order valence-corrected chi connectivity index (χ0v) is 19.7. The number of halogens is 1. The van der Waals surface area contributed by atoms with Crippen molar-refractivity contribution < 1.29 is 9.47 Å². The van der Waals surface area contributed by atoms with Gasteiger partial charge in [-0.2, -0.15) is 0 Å². The van der Waals surface area contributed by atoms with Crippen LogP contribution in [0.15, 0.2) is 59.6 Å². The maximum atomic E-state index is 5.93. The Bertz CT molecular complexity index is 755. The third-order valence-corrected chi connectivity index (χ3v) is 4.92. The summed E-state index contributed by atoms with van der Waals surface area (Å²) in [5.74, 6) is 2.41. The van der Waals surface area contributed by atoms with Crippen LogP contribution < -0.4 is 10.1 Å². The van der Waals surface area contributed by atoms with Gasteiger partial charge in [-0.3, -0.25) is 4.99 Å². The minimum atomic E-state index is 0. The average molecular weight is 509 g/mol. The number of likely N-dealkylation sites (tertiary alicyclic amines) is 1. The van der Waals surface area contributed by atoms with Gasteiger partial charge in [-0.1, -0.05) is 42.5 Å². The van der Waals surface area contributed by atoms with E-state index < -0.39 is 0 Å². The number of benzene rings is 2. The first-order valence-corrected chi connectivity index (χ1v) is 10.1. The third kappa shape index (κ3) is 7.51. The van der Waals surface area contributed by atoms with E-state index in [0.29, 0.717) is 19.1 Å². The van der Waals surface area contributed by atoms with E-state index in [1.807, 2.05) is 32.2 Å². The SMILES string of the molecule is CCOc1cccc(CNC(=NC)N2CCC(COCc3ccccc3)C2)c1.I. The molecule has 1 aliphatic heterocycles. The van der Waals surface area contributed by atoms with Gasteiger partial charge >= 0.3 is 0 Å². The molecule has 29 heavy (non-hydrogen) atoms. The summed E-state index contributed by atoms with van der Waals surface area (Å²) in [7, 11) is 1.85. The molecular weight excluding hydrogens is 477 g/mol. The molecule has 0 amide bonds. The highest BCUT2D eigenvalue weighted by atomic mass is 127. The summed E-state index contributed by atoms with van der Waals surface area (Å²) in [6, 6.07) is 18.5. The fourth-order valence-electron chi connectivity index (χ4n) is 3.50. The normalized spacial score (nSPS) is 16.4. The van der Waals surface area contributed by atoms with Gasteiger partial charge in [-0.05, 0) is 36.6 Å². The highest BCUT2D eigenvalue weighted by molar-refractivity contribution is 14.0. The van der Waals surface area contributed by atoms with Crippen molar-refractivity contribution in [1.29, 1.82) is 0 Å². The van der Waals surface area contributed by atoms with Crippen molar-refractivity contribution in [2.45, 2.75) is 26.5 Å². The number of nitrogens with zero attached hydrogens (tertiary/aromatic N) is 2. The Kier molecular flexibility index (Phi) is 10.3. The molecule has 5 nitrogen and oxygen atoms in total. The van der Waals surface area contributed by atoms with E-state index in [9.17, 15) is 0 Å². The second kappa shape index (κ2) is 12.7. The number of aliphatic imine (C=N–C) groups is 1. The summed E-state index contributed by atoms with van der Waals surface area (Å²) in [5, 5.41) is 3.48. The quantitative estimate of drug-likeness (QED) is 0.327. The topological polar surface area (TPSA) is 46.1 Å². The predicted molar refractivity (Wildman–Crippen MR) is 129 cm³/mol. The van der Waals surface area contributed by atoms with Crippen molar-refractivity contribution in [2.75, 3.05) is 33.4 Å². The fraction of sp³-hybridized carbons (Fsp3) is 0.435. The first kappa shape index (κ1) is 23.5. The zero-order chi connectivity index (χ0) is 19.6. The van der Waals surface area contributed by atoms with E-state index >= 15 is 0 Å². The summed E-state index contributed by atoms with van der Waals surface area (Å²) in [5.41, 5.74) is 2.41. The summed E-state index contributed by atoms with van der Waals surface area (Å²) >= 11 is 0. The van der Waals surface area contributed by atoms with Crippen LogP contribution in [0.25, 0.3) is 0 Å². The lowest BCUT2D eigenvalue weighted by Crippen LogP contribution is -2.39.